The van der Waals surface area contributed by atoms with E-state index < -0.39 is 5.72 Å². The van der Waals surface area contributed by atoms with Crippen LogP contribution in [0.2, 0.25) is 0 Å². The highest BCUT2D eigenvalue weighted by Gasteiger charge is 2.59. The summed E-state index contributed by atoms with van der Waals surface area (Å²) in [5.74, 6) is 1.13. The van der Waals surface area contributed by atoms with Gasteiger partial charge in [-0.05, 0) is 61.4 Å². The maximum absolute atomic E-state index is 11.2. The van der Waals surface area contributed by atoms with E-state index in [0.29, 0.717) is 23.7 Å². The monoisotopic (exact) mass is 426 g/mol. The zero-order valence-corrected chi connectivity index (χ0v) is 18.8. The van der Waals surface area contributed by atoms with Crippen molar-refractivity contribution >= 4 is 17.5 Å². The van der Waals surface area contributed by atoms with Crippen LogP contribution in [0.5, 0.6) is 11.5 Å². The number of aryl methyl sites for hydroxylation is 1. The quantitative estimate of drug-likeness (QED) is 0.447. The molecule has 5 rings (SSSR count). The summed E-state index contributed by atoms with van der Waals surface area (Å²) in [6.07, 6.45) is 4.13. The molecule has 162 valence electrons. The number of ether oxygens (including phenoxy) is 2. The Morgan fingerprint density at radius 2 is 1.81 bits per heavy atom. The molecular weight excluding hydrogens is 400 g/mol. The Labute approximate surface area is 188 Å². The molecule has 2 aliphatic heterocycles. The third kappa shape index (κ3) is 2.84. The van der Waals surface area contributed by atoms with Crippen molar-refractivity contribution in [1.29, 1.82) is 0 Å². The van der Waals surface area contributed by atoms with E-state index in [1.54, 1.807) is 19.2 Å². The Morgan fingerprint density at radius 3 is 2.53 bits per heavy atom. The molecule has 5 heteroatoms. The summed E-state index contributed by atoms with van der Waals surface area (Å²) in [7, 11) is 1.58. The molecule has 0 aromatic heterocycles. The van der Waals surface area contributed by atoms with Gasteiger partial charge in [-0.2, -0.15) is 0 Å². The van der Waals surface area contributed by atoms with Crippen LogP contribution in [-0.2, 0) is 12.0 Å². The molecular formula is C27H26N2O3. The molecule has 32 heavy (non-hydrogen) atoms. The summed E-state index contributed by atoms with van der Waals surface area (Å²) in [4.78, 5) is 13.5. The molecule has 3 aromatic carbocycles. The van der Waals surface area contributed by atoms with Crippen LogP contribution in [0.4, 0.5) is 11.4 Å². The summed E-state index contributed by atoms with van der Waals surface area (Å²) in [5, 5.41) is 3.09. The predicted molar refractivity (Wildman–Crippen MR) is 128 cm³/mol. The van der Waals surface area contributed by atoms with Crippen LogP contribution < -0.4 is 14.4 Å². The fourth-order valence-corrected chi connectivity index (χ4v) is 4.94. The van der Waals surface area contributed by atoms with Crippen molar-refractivity contribution < 1.29 is 9.47 Å². The van der Waals surface area contributed by atoms with Crippen LogP contribution in [0.15, 0.2) is 71.9 Å². The van der Waals surface area contributed by atoms with Gasteiger partial charge in [0.2, 0.25) is 5.72 Å². The number of nitrogens with zero attached hydrogens (tertiary/aromatic N) is 2. The normalized spacial score (nSPS) is 19.9. The summed E-state index contributed by atoms with van der Waals surface area (Å²) >= 11 is 0. The van der Waals surface area contributed by atoms with Crippen LogP contribution in [0.3, 0.4) is 0 Å². The second-order valence-corrected chi connectivity index (χ2v) is 9.00. The zero-order valence-electron chi connectivity index (χ0n) is 18.8. The number of para-hydroxylation sites is 1. The first kappa shape index (κ1) is 20.3. The highest BCUT2D eigenvalue weighted by atomic mass is 16.5. The minimum atomic E-state index is -0.766. The summed E-state index contributed by atoms with van der Waals surface area (Å²) in [5.41, 5.74) is 4.80. The lowest BCUT2D eigenvalue weighted by atomic mass is 9.76. The second-order valence-electron chi connectivity index (χ2n) is 9.00. The lowest BCUT2D eigenvalue weighted by Gasteiger charge is -2.47. The average molecular weight is 427 g/mol. The highest BCUT2D eigenvalue weighted by molar-refractivity contribution is 5.75. The van der Waals surface area contributed by atoms with E-state index in [9.17, 15) is 4.91 Å². The fourth-order valence-electron chi connectivity index (χ4n) is 4.94. The molecule has 1 atom stereocenters. The Balaban J connectivity index is 1.68. The highest BCUT2D eigenvalue weighted by Crippen LogP contribution is 2.56. The fraction of sp³-hybridized carbons (Fsp3) is 0.259. The van der Waals surface area contributed by atoms with Gasteiger partial charge < -0.3 is 14.4 Å². The molecule has 0 saturated heterocycles. The molecule has 1 unspecified atom stereocenters. The van der Waals surface area contributed by atoms with E-state index in [0.717, 1.165) is 11.3 Å². The predicted octanol–water partition coefficient (Wildman–Crippen LogP) is 6.50. The van der Waals surface area contributed by atoms with Gasteiger partial charge in [0.15, 0.2) is 11.5 Å². The molecule has 0 bridgehead atoms. The Bertz CT molecular complexity index is 1230. The minimum absolute atomic E-state index is 0.315. The Kier molecular flexibility index (Phi) is 4.59. The third-order valence-corrected chi connectivity index (χ3v) is 6.77. The molecule has 2 heterocycles. The second kappa shape index (κ2) is 7.23. The van der Waals surface area contributed by atoms with Crippen LogP contribution in [0, 0.1) is 11.8 Å². The zero-order chi connectivity index (χ0) is 22.5. The van der Waals surface area contributed by atoms with E-state index >= 15 is 0 Å². The van der Waals surface area contributed by atoms with Crippen LogP contribution in [0.1, 0.15) is 36.1 Å². The van der Waals surface area contributed by atoms with Crippen LogP contribution in [0.25, 0.3) is 6.08 Å². The average Bonchev–Trinajstić information content (AvgIpc) is 2.98. The van der Waals surface area contributed by atoms with Crippen LogP contribution >= 0.6 is 0 Å². The van der Waals surface area contributed by atoms with Gasteiger partial charge in [-0.1, -0.05) is 48.0 Å². The minimum Gasteiger partial charge on any atom is -0.493 e. The Hall–Kier alpha value is -3.60. The SMILES string of the molecule is COc1cc(N=O)cc2c1OC1(C=C2)N(Cc2ccc(C)cc2)c2ccccc2C1(C)C. The van der Waals surface area contributed by atoms with E-state index in [4.69, 9.17) is 9.47 Å². The van der Waals surface area contributed by atoms with E-state index in [1.807, 2.05) is 6.08 Å². The van der Waals surface area contributed by atoms with Crippen LogP contribution in [-0.4, -0.2) is 12.8 Å². The molecule has 2 aliphatic rings. The number of rotatable bonds is 4. The maximum Gasteiger partial charge on any atom is 0.212 e. The van der Waals surface area contributed by atoms with Gasteiger partial charge in [-0.15, -0.1) is 4.91 Å². The molecule has 0 N–H and O–H groups in total. The van der Waals surface area contributed by atoms with Gasteiger partial charge in [-0.3, -0.25) is 0 Å². The standard InChI is InChI=1S/C27H26N2O3/c1-18-9-11-19(12-10-18)17-29-23-8-6-5-7-22(23)26(2,3)27(29)14-13-20-15-21(28-30)16-24(31-4)25(20)32-27/h5-16H,17H2,1-4H3. The number of nitroso groups, excluding NO2 is 1. The topological polar surface area (TPSA) is 51.1 Å². The molecule has 5 nitrogen and oxygen atoms in total. The van der Waals surface area contributed by atoms with Crippen molar-refractivity contribution in [2.75, 3.05) is 12.0 Å². The summed E-state index contributed by atoms with van der Waals surface area (Å²) in [6.45, 7) is 7.21. The van der Waals surface area contributed by atoms with E-state index in [2.05, 4.69) is 85.5 Å². The third-order valence-electron chi connectivity index (χ3n) is 6.77. The molecule has 1 spiro atoms. The van der Waals surface area contributed by atoms with Crippen molar-refractivity contribution in [2.24, 2.45) is 5.18 Å². The first-order chi connectivity index (χ1) is 15.4. The van der Waals surface area contributed by atoms with Crippen molar-refractivity contribution in [3.63, 3.8) is 0 Å². The van der Waals surface area contributed by atoms with E-state index in [-0.39, 0.29) is 5.41 Å². The molecule has 0 aliphatic carbocycles. The maximum atomic E-state index is 11.2. The van der Waals surface area contributed by atoms with Gasteiger partial charge in [0, 0.05) is 23.9 Å². The number of anilines is 1. The molecule has 3 aromatic rings. The number of hydrogen-bond donors (Lipinski definition) is 0. The van der Waals surface area contributed by atoms with Gasteiger partial charge >= 0.3 is 0 Å². The smallest absolute Gasteiger partial charge is 0.212 e. The van der Waals surface area contributed by atoms with Gasteiger partial charge in [0.1, 0.15) is 5.69 Å². The molecule has 0 saturated carbocycles. The number of methoxy groups -OCH3 is 1. The lowest BCUT2D eigenvalue weighted by molar-refractivity contribution is 0.0493. The summed E-state index contributed by atoms with van der Waals surface area (Å²) < 4.78 is 12.5. The number of hydrogen-bond acceptors (Lipinski definition) is 5. The van der Waals surface area contributed by atoms with Crippen molar-refractivity contribution in [2.45, 2.75) is 38.5 Å². The number of fused-ring (bicyclic) bond motifs is 2. The first-order valence-corrected chi connectivity index (χ1v) is 10.8. The number of benzene rings is 3. The van der Waals surface area contributed by atoms with Crippen molar-refractivity contribution in [3.05, 3.63) is 93.9 Å². The van der Waals surface area contributed by atoms with Crippen molar-refractivity contribution in [1.82, 2.24) is 0 Å². The first-order valence-electron chi connectivity index (χ1n) is 10.8. The van der Waals surface area contributed by atoms with E-state index in [1.165, 1.54) is 16.7 Å². The Morgan fingerprint density at radius 1 is 1.06 bits per heavy atom. The van der Waals surface area contributed by atoms with Crippen molar-refractivity contribution in [3.8, 4) is 11.5 Å². The lowest BCUT2D eigenvalue weighted by Crippen LogP contribution is -2.59. The molecule has 0 amide bonds. The van der Waals surface area contributed by atoms with Gasteiger partial charge in [-0.25, -0.2) is 0 Å². The van der Waals surface area contributed by atoms with Gasteiger partial charge in [0.25, 0.3) is 0 Å². The molecule has 0 radical (unpaired) electrons. The molecule has 0 fully saturated rings. The summed E-state index contributed by atoms with van der Waals surface area (Å²) in [6, 6.07) is 20.4. The van der Waals surface area contributed by atoms with Gasteiger partial charge in [0.05, 0.1) is 12.5 Å². The largest absolute Gasteiger partial charge is 0.493 e.